The van der Waals surface area contributed by atoms with Gasteiger partial charge in [0.05, 0.1) is 5.54 Å². The van der Waals surface area contributed by atoms with Gasteiger partial charge in [0, 0.05) is 11.8 Å². The minimum absolute atomic E-state index is 0.0409. The van der Waals surface area contributed by atoms with E-state index in [9.17, 15) is 10.0 Å². The molecule has 0 aromatic rings. The zero-order chi connectivity index (χ0) is 11.6. The Kier molecular flexibility index (Phi) is 3.15. The lowest BCUT2D eigenvalue weighted by molar-refractivity contribution is -0.117. The van der Waals surface area contributed by atoms with Crippen LogP contribution in [0, 0.1) is 0 Å². The molecular formula is C12H17NO2. The number of nitrogens with zero attached hydrogens (tertiary/aromatic N) is 1. The van der Waals surface area contributed by atoms with Gasteiger partial charge in [0.15, 0.2) is 5.78 Å². The average Bonchev–Trinajstić information content (AvgIpc) is 2.11. The quantitative estimate of drug-likeness (QED) is 0.530. The molecule has 0 amide bonds. The molecule has 3 nitrogen and oxygen atoms in total. The van der Waals surface area contributed by atoms with Crippen LogP contribution < -0.4 is 0 Å². The highest BCUT2D eigenvalue weighted by Crippen LogP contribution is 2.17. The number of rotatable bonds is 1. The molecule has 1 rings (SSSR count). The molecular weight excluding hydrogens is 190 g/mol. The summed E-state index contributed by atoms with van der Waals surface area (Å²) in [5.74, 6) is -0.0409. The van der Waals surface area contributed by atoms with E-state index < -0.39 is 5.54 Å². The Labute approximate surface area is 90.3 Å². The SMILES string of the molecule is CC1=CC=CC(=CN(O)C(C)(C)C)C1=O. The normalized spacial score (nSPS) is 19.4. The molecule has 15 heavy (non-hydrogen) atoms. The van der Waals surface area contributed by atoms with Crippen molar-refractivity contribution < 1.29 is 10.0 Å². The predicted molar refractivity (Wildman–Crippen MR) is 59.4 cm³/mol. The monoisotopic (exact) mass is 207 g/mol. The average molecular weight is 207 g/mol. The van der Waals surface area contributed by atoms with Crippen LogP contribution in [0.1, 0.15) is 27.7 Å². The van der Waals surface area contributed by atoms with Gasteiger partial charge in [0.1, 0.15) is 0 Å². The topological polar surface area (TPSA) is 40.5 Å². The zero-order valence-corrected chi connectivity index (χ0v) is 9.61. The Balaban J connectivity index is 2.91. The molecule has 0 radical (unpaired) electrons. The second-order valence-electron chi connectivity index (χ2n) is 4.64. The van der Waals surface area contributed by atoms with Crippen LogP contribution in [0.5, 0.6) is 0 Å². The van der Waals surface area contributed by atoms with Crippen molar-refractivity contribution in [3.63, 3.8) is 0 Å². The molecule has 0 aromatic heterocycles. The maximum Gasteiger partial charge on any atom is 0.190 e. The molecule has 1 aliphatic rings. The first-order chi connectivity index (χ1) is 6.82. The summed E-state index contributed by atoms with van der Waals surface area (Å²) in [6, 6.07) is 0. The van der Waals surface area contributed by atoms with Crippen LogP contribution >= 0.6 is 0 Å². The number of allylic oxidation sites excluding steroid dienone is 5. The van der Waals surface area contributed by atoms with E-state index in [0.29, 0.717) is 11.1 Å². The summed E-state index contributed by atoms with van der Waals surface area (Å²) in [4.78, 5) is 11.7. The molecule has 1 N–H and O–H groups in total. The molecule has 82 valence electrons. The summed E-state index contributed by atoms with van der Waals surface area (Å²) >= 11 is 0. The first kappa shape index (κ1) is 11.7. The van der Waals surface area contributed by atoms with E-state index in [1.165, 1.54) is 6.20 Å². The molecule has 0 saturated carbocycles. The molecule has 0 aliphatic heterocycles. The van der Waals surface area contributed by atoms with Gasteiger partial charge in [-0.3, -0.25) is 15.1 Å². The van der Waals surface area contributed by atoms with Crippen LogP contribution in [0.15, 0.2) is 35.6 Å². The van der Waals surface area contributed by atoms with Crippen molar-refractivity contribution in [2.45, 2.75) is 33.2 Å². The largest absolute Gasteiger partial charge is 0.289 e. The molecule has 0 fully saturated rings. The molecule has 0 spiro atoms. The van der Waals surface area contributed by atoms with E-state index >= 15 is 0 Å². The van der Waals surface area contributed by atoms with Crippen molar-refractivity contribution >= 4 is 5.78 Å². The van der Waals surface area contributed by atoms with Crippen molar-refractivity contribution in [2.24, 2.45) is 0 Å². The summed E-state index contributed by atoms with van der Waals surface area (Å²) in [7, 11) is 0. The second-order valence-corrected chi connectivity index (χ2v) is 4.64. The highest BCUT2D eigenvalue weighted by molar-refractivity contribution is 6.10. The summed E-state index contributed by atoms with van der Waals surface area (Å²) in [6.45, 7) is 7.36. The summed E-state index contributed by atoms with van der Waals surface area (Å²) in [5, 5.41) is 10.8. The van der Waals surface area contributed by atoms with Gasteiger partial charge in [-0.05, 0) is 39.3 Å². The number of ketones is 1. The Morgan fingerprint density at radius 1 is 1.40 bits per heavy atom. The summed E-state index contributed by atoms with van der Waals surface area (Å²) in [6.07, 6.45) is 6.73. The van der Waals surface area contributed by atoms with Crippen LogP contribution in [0.4, 0.5) is 0 Å². The molecule has 0 atom stereocenters. The lowest BCUT2D eigenvalue weighted by Gasteiger charge is -2.28. The minimum Gasteiger partial charge on any atom is -0.289 e. The number of hydrogen-bond acceptors (Lipinski definition) is 3. The molecule has 0 aromatic carbocycles. The number of hydroxylamine groups is 2. The van der Waals surface area contributed by atoms with Gasteiger partial charge in [-0.25, -0.2) is 0 Å². The number of carbonyl (C=O) groups excluding carboxylic acids is 1. The maximum atomic E-state index is 11.7. The van der Waals surface area contributed by atoms with E-state index in [-0.39, 0.29) is 5.78 Å². The smallest absolute Gasteiger partial charge is 0.190 e. The third kappa shape index (κ3) is 2.80. The van der Waals surface area contributed by atoms with Gasteiger partial charge >= 0.3 is 0 Å². The molecule has 1 aliphatic carbocycles. The van der Waals surface area contributed by atoms with Crippen molar-refractivity contribution in [2.75, 3.05) is 0 Å². The zero-order valence-electron chi connectivity index (χ0n) is 9.61. The maximum absolute atomic E-state index is 11.7. The van der Waals surface area contributed by atoms with Crippen molar-refractivity contribution in [1.82, 2.24) is 5.06 Å². The standard InChI is InChI=1S/C12H17NO2/c1-9-6-5-7-10(11(9)14)8-13(15)12(2,3)4/h5-8,15H,1-4H3. The summed E-state index contributed by atoms with van der Waals surface area (Å²) < 4.78 is 0. The van der Waals surface area contributed by atoms with Crippen molar-refractivity contribution in [1.29, 1.82) is 0 Å². The van der Waals surface area contributed by atoms with Crippen LogP contribution in [-0.4, -0.2) is 21.6 Å². The van der Waals surface area contributed by atoms with Gasteiger partial charge in [-0.2, -0.15) is 0 Å². The van der Waals surface area contributed by atoms with Gasteiger partial charge in [-0.1, -0.05) is 12.2 Å². The summed E-state index contributed by atoms with van der Waals surface area (Å²) in [5.41, 5.74) is 0.786. The van der Waals surface area contributed by atoms with Gasteiger partial charge in [0.2, 0.25) is 0 Å². The van der Waals surface area contributed by atoms with E-state index in [0.717, 1.165) is 5.06 Å². The first-order valence-corrected chi connectivity index (χ1v) is 4.92. The number of carbonyl (C=O) groups is 1. The van der Waals surface area contributed by atoms with Crippen molar-refractivity contribution in [3.8, 4) is 0 Å². The van der Waals surface area contributed by atoms with Crippen molar-refractivity contribution in [3.05, 3.63) is 35.6 Å². The molecule has 0 unspecified atom stereocenters. The predicted octanol–water partition coefficient (Wildman–Crippen LogP) is 2.45. The van der Waals surface area contributed by atoms with E-state index in [4.69, 9.17) is 0 Å². The van der Waals surface area contributed by atoms with E-state index in [2.05, 4.69) is 0 Å². The molecule has 0 saturated heterocycles. The van der Waals surface area contributed by atoms with Crippen LogP contribution in [0.2, 0.25) is 0 Å². The lowest BCUT2D eigenvalue weighted by Crippen LogP contribution is -2.35. The Bertz CT molecular complexity index is 356. The third-order valence-electron chi connectivity index (χ3n) is 2.19. The molecule has 0 bridgehead atoms. The van der Waals surface area contributed by atoms with Gasteiger partial charge in [-0.15, -0.1) is 0 Å². The fourth-order valence-corrected chi connectivity index (χ4v) is 1.10. The Morgan fingerprint density at radius 2 is 2.00 bits per heavy atom. The Morgan fingerprint density at radius 3 is 2.53 bits per heavy atom. The van der Waals surface area contributed by atoms with Crippen LogP contribution in [-0.2, 0) is 4.79 Å². The van der Waals surface area contributed by atoms with Gasteiger partial charge in [0.25, 0.3) is 0 Å². The van der Waals surface area contributed by atoms with Crippen LogP contribution in [0.3, 0.4) is 0 Å². The number of hydrogen-bond donors (Lipinski definition) is 1. The first-order valence-electron chi connectivity index (χ1n) is 4.92. The molecule has 0 heterocycles. The lowest BCUT2D eigenvalue weighted by atomic mass is 10.00. The fourth-order valence-electron chi connectivity index (χ4n) is 1.10. The van der Waals surface area contributed by atoms with Gasteiger partial charge < -0.3 is 0 Å². The second kappa shape index (κ2) is 4.03. The van der Waals surface area contributed by atoms with Crippen LogP contribution in [0.25, 0.3) is 0 Å². The minimum atomic E-state index is -0.407. The fraction of sp³-hybridized carbons (Fsp3) is 0.417. The number of Topliss-reactive ketones (excluding diaryl/α,β-unsaturated/α-hetero) is 1. The third-order valence-corrected chi connectivity index (χ3v) is 2.19. The highest BCUT2D eigenvalue weighted by Gasteiger charge is 2.19. The van der Waals surface area contributed by atoms with E-state index in [1.807, 2.05) is 20.8 Å². The Hall–Kier alpha value is -1.35. The van der Waals surface area contributed by atoms with E-state index in [1.54, 1.807) is 25.2 Å². The highest BCUT2D eigenvalue weighted by atomic mass is 16.5. The molecule has 3 heteroatoms.